The van der Waals surface area contributed by atoms with Gasteiger partial charge in [0.2, 0.25) is 0 Å². The maximum atomic E-state index is 11.7. The second-order valence-corrected chi connectivity index (χ2v) is 6.79. The Morgan fingerprint density at radius 3 is 2.63 bits per heavy atom. The van der Waals surface area contributed by atoms with Crippen molar-refractivity contribution in [3.8, 4) is 0 Å². The molecule has 0 saturated carbocycles. The Hall–Kier alpha value is -0.910. The lowest BCUT2D eigenvalue weighted by molar-refractivity contribution is -0.147. The smallest absolute Gasteiger partial charge is 0.407 e. The third kappa shape index (κ3) is 5.72. The summed E-state index contributed by atoms with van der Waals surface area (Å²) in [5.41, 5.74) is -0.507. The molecule has 5 nitrogen and oxygen atoms in total. The molecule has 1 fully saturated rings. The molecule has 6 heteroatoms. The van der Waals surface area contributed by atoms with Crippen LogP contribution in [-0.4, -0.2) is 42.8 Å². The van der Waals surface area contributed by atoms with Gasteiger partial charge in [0.25, 0.3) is 0 Å². The predicted octanol–water partition coefficient (Wildman–Crippen LogP) is 2.05. The van der Waals surface area contributed by atoms with Gasteiger partial charge in [-0.05, 0) is 44.6 Å². The van der Waals surface area contributed by atoms with Gasteiger partial charge < -0.3 is 14.8 Å². The Morgan fingerprint density at radius 1 is 1.37 bits per heavy atom. The molecular weight excluding hydrogens is 266 g/mol. The van der Waals surface area contributed by atoms with E-state index in [4.69, 9.17) is 9.47 Å². The number of esters is 1. The monoisotopic (exact) mass is 289 g/mol. The molecule has 1 aliphatic rings. The minimum absolute atomic E-state index is 0.110. The molecule has 1 N–H and O–H groups in total. The zero-order chi connectivity index (χ0) is 14.5. The van der Waals surface area contributed by atoms with Crippen LogP contribution in [0.25, 0.3) is 0 Å². The van der Waals surface area contributed by atoms with Crippen molar-refractivity contribution < 1.29 is 19.1 Å². The minimum atomic E-state index is -0.507. The van der Waals surface area contributed by atoms with Crippen LogP contribution in [0, 0.1) is 11.8 Å². The van der Waals surface area contributed by atoms with Gasteiger partial charge in [-0.15, -0.1) is 0 Å². The van der Waals surface area contributed by atoms with Crippen molar-refractivity contribution in [3.05, 3.63) is 0 Å². The Balaban J connectivity index is 2.45. The molecule has 0 unspecified atom stereocenters. The zero-order valence-corrected chi connectivity index (χ0v) is 12.8. The topological polar surface area (TPSA) is 64.6 Å². The standard InChI is InChI=1S/C13H23NO4S/c1-13(2,3)18-12(16)14-7-9-8-19-6-5-10(9)11(15)17-4/h9-10H,5-8H2,1-4H3,(H,14,16)/t9-,10-/m1/s1. The second-order valence-electron chi connectivity index (χ2n) is 5.64. The second kappa shape index (κ2) is 7.03. The van der Waals surface area contributed by atoms with Gasteiger partial charge in [0.05, 0.1) is 13.0 Å². The summed E-state index contributed by atoms with van der Waals surface area (Å²) >= 11 is 1.80. The highest BCUT2D eigenvalue weighted by molar-refractivity contribution is 7.99. The summed E-state index contributed by atoms with van der Waals surface area (Å²) in [5.74, 6) is 1.62. The van der Waals surface area contributed by atoms with Gasteiger partial charge in [-0.25, -0.2) is 4.79 Å². The van der Waals surface area contributed by atoms with Crippen LogP contribution < -0.4 is 5.32 Å². The van der Waals surface area contributed by atoms with E-state index in [0.717, 1.165) is 17.9 Å². The largest absolute Gasteiger partial charge is 0.469 e. The lowest BCUT2D eigenvalue weighted by Gasteiger charge is -2.29. The van der Waals surface area contributed by atoms with E-state index in [-0.39, 0.29) is 17.8 Å². The van der Waals surface area contributed by atoms with Crippen molar-refractivity contribution in [1.29, 1.82) is 0 Å². The zero-order valence-electron chi connectivity index (χ0n) is 12.0. The Morgan fingerprint density at radius 2 is 2.05 bits per heavy atom. The minimum Gasteiger partial charge on any atom is -0.469 e. The van der Waals surface area contributed by atoms with E-state index in [2.05, 4.69) is 5.32 Å². The van der Waals surface area contributed by atoms with Crippen molar-refractivity contribution >= 4 is 23.8 Å². The maximum Gasteiger partial charge on any atom is 0.407 e. The van der Waals surface area contributed by atoms with Gasteiger partial charge in [0, 0.05) is 6.54 Å². The fourth-order valence-electron chi connectivity index (χ4n) is 1.99. The van der Waals surface area contributed by atoms with Crippen LogP contribution in [0.4, 0.5) is 4.79 Å². The van der Waals surface area contributed by atoms with E-state index in [1.165, 1.54) is 7.11 Å². The van der Waals surface area contributed by atoms with E-state index in [1.807, 2.05) is 20.8 Å². The number of carbonyl (C=O) groups is 2. The number of thioether (sulfide) groups is 1. The van der Waals surface area contributed by atoms with Gasteiger partial charge in [-0.3, -0.25) is 4.79 Å². The SMILES string of the molecule is COC(=O)[C@@H]1CCSC[C@H]1CNC(=O)OC(C)(C)C. The van der Waals surface area contributed by atoms with Crippen molar-refractivity contribution in [2.75, 3.05) is 25.2 Å². The number of alkyl carbamates (subject to hydrolysis) is 1. The van der Waals surface area contributed by atoms with Crippen molar-refractivity contribution in [2.24, 2.45) is 11.8 Å². The molecule has 2 atom stereocenters. The van der Waals surface area contributed by atoms with E-state index < -0.39 is 11.7 Å². The van der Waals surface area contributed by atoms with E-state index >= 15 is 0 Å². The molecule has 1 amide bonds. The van der Waals surface area contributed by atoms with Crippen LogP contribution in [0.5, 0.6) is 0 Å². The molecular formula is C13H23NO4S. The van der Waals surface area contributed by atoms with E-state index in [0.29, 0.717) is 6.54 Å². The van der Waals surface area contributed by atoms with Crippen LogP contribution >= 0.6 is 11.8 Å². The van der Waals surface area contributed by atoms with Gasteiger partial charge in [0.15, 0.2) is 0 Å². The molecule has 0 aromatic carbocycles. The molecule has 0 radical (unpaired) electrons. The molecule has 0 aliphatic carbocycles. The number of ether oxygens (including phenoxy) is 2. The Kier molecular flexibility index (Phi) is 5.97. The number of nitrogens with one attached hydrogen (secondary N) is 1. The summed E-state index contributed by atoms with van der Waals surface area (Å²) < 4.78 is 9.99. The van der Waals surface area contributed by atoms with E-state index in [1.54, 1.807) is 11.8 Å². The molecule has 0 aromatic rings. The number of hydrogen-bond acceptors (Lipinski definition) is 5. The van der Waals surface area contributed by atoms with Crippen molar-refractivity contribution in [2.45, 2.75) is 32.8 Å². The van der Waals surface area contributed by atoms with Crippen LogP contribution in [0.3, 0.4) is 0 Å². The predicted molar refractivity (Wildman–Crippen MR) is 75.2 cm³/mol. The highest BCUT2D eigenvalue weighted by Crippen LogP contribution is 2.29. The molecule has 1 aliphatic heterocycles. The lowest BCUT2D eigenvalue weighted by Crippen LogP contribution is -2.41. The number of amides is 1. The highest BCUT2D eigenvalue weighted by Gasteiger charge is 2.32. The van der Waals surface area contributed by atoms with Crippen molar-refractivity contribution in [3.63, 3.8) is 0 Å². The normalized spacial score (nSPS) is 23.6. The fourth-order valence-corrected chi connectivity index (χ4v) is 3.23. The molecule has 1 rings (SSSR count). The molecule has 1 heterocycles. The van der Waals surface area contributed by atoms with Gasteiger partial charge in [0.1, 0.15) is 5.60 Å². The summed E-state index contributed by atoms with van der Waals surface area (Å²) in [7, 11) is 1.41. The first kappa shape index (κ1) is 16.1. The number of hydrogen-bond donors (Lipinski definition) is 1. The van der Waals surface area contributed by atoms with Gasteiger partial charge in [-0.2, -0.15) is 11.8 Å². The molecule has 19 heavy (non-hydrogen) atoms. The summed E-state index contributed by atoms with van der Waals surface area (Å²) in [6, 6.07) is 0. The third-order valence-electron chi connectivity index (χ3n) is 2.89. The first-order valence-corrected chi connectivity index (χ1v) is 7.61. The third-order valence-corrected chi connectivity index (χ3v) is 4.07. The summed E-state index contributed by atoms with van der Waals surface area (Å²) in [6.45, 7) is 5.91. The van der Waals surface area contributed by atoms with Gasteiger partial charge in [-0.1, -0.05) is 0 Å². The molecule has 0 spiro atoms. The summed E-state index contributed by atoms with van der Waals surface area (Å²) in [5, 5.41) is 2.74. The highest BCUT2D eigenvalue weighted by atomic mass is 32.2. The fraction of sp³-hybridized carbons (Fsp3) is 0.846. The summed E-state index contributed by atoms with van der Waals surface area (Å²) in [6.07, 6.45) is 0.365. The average molecular weight is 289 g/mol. The summed E-state index contributed by atoms with van der Waals surface area (Å²) in [4.78, 5) is 23.3. The lowest BCUT2D eigenvalue weighted by atomic mass is 9.91. The van der Waals surface area contributed by atoms with Crippen LogP contribution in [0.15, 0.2) is 0 Å². The maximum absolute atomic E-state index is 11.7. The molecule has 0 bridgehead atoms. The number of methoxy groups -OCH3 is 1. The van der Waals surface area contributed by atoms with Gasteiger partial charge >= 0.3 is 12.1 Å². The van der Waals surface area contributed by atoms with Crippen LogP contribution in [0.1, 0.15) is 27.2 Å². The average Bonchev–Trinajstić information content (AvgIpc) is 2.33. The van der Waals surface area contributed by atoms with Crippen molar-refractivity contribution in [1.82, 2.24) is 5.32 Å². The molecule has 0 aromatic heterocycles. The first-order chi connectivity index (χ1) is 8.83. The van der Waals surface area contributed by atoms with E-state index in [9.17, 15) is 9.59 Å². The quantitative estimate of drug-likeness (QED) is 0.806. The Bertz CT molecular complexity index is 327. The molecule has 110 valence electrons. The van der Waals surface area contributed by atoms with Crippen LogP contribution in [-0.2, 0) is 14.3 Å². The first-order valence-electron chi connectivity index (χ1n) is 6.46. The Labute approximate surface area is 118 Å². The number of rotatable bonds is 3. The number of carbonyl (C=O) groups excluding carboxylic acids is 2. The van der Waals surface area contributed by atoms with Crippen LogP contribution in [0.2, 0.25) is 0 Å². The molecule has 1 saturated heterocycles.